The molecular formula is C18H24N4OS. The highest BCUT2D eigenvalue weighted by Crippen LogP contribution is 2.29. The largest absolute Gasteiger partial charge is 0.353 e. The van der Waals surface area contributed by atoms with Crippen LogP contribution in [-0.2, 0) is 11.8 Å². The molecule has 1 aliphatic heterocycles. The summed E-state index contributed by atoms with van der Waals surface area (Å²) in [6.45, 7) is 2.26. The van der Waals surface area contributed by atoms with Crippen molar-refractivity contribution in [1.29, 1.82) is 0 Å². The van der Waals surface area contributed by atoms with Gasteiger partial charge >= 0.3 is 0 Å². The average Bonchev–Trinajstić information content (AvgIpc) is 3.39. The number of hydrogen-bond donors (Lipinski definition) is 1. The fourth-order valence-corrected chi connectivity index (χ4v) is 4.30. The predicted octanol–water partition coefficient (Wildman–Crippen LogP) is 2.41. The van der Waals surface area contributed by atoms with E-state index in [0.29, 0.717) is 11.8 Å². The van der Waals surface area contributed by atoms with Crippen molar-refractivity contribution >= 4 is 28.7 Å². The number of thioether (sulfide) groups is 1. The number of para-hydroxylation sites is 2. The Balaban J connectivity index is 1.27. The highest BCUT2D eigenvalue weighted by molar-refractivity contribution is 7.99. The van der Waals surface area contributed by atoms with Crippen molar-refractivity contribution in [3.8, 4) is 0 Å². The Kier molecular flexibility index (Phi) is 4.50. The van der Waals surface area contributed by atoms with Gasteiger partial charge in [0, 0.05) is 32.2 Å². The molecule has 5 nitrogen and oxygen atoms in total. The summed E-state index contributed by atoms with van der Waals surface area (Å²) >= 11 is 1.51. The van der Waals surface area contributed by atoms with Gasteiger partial charge < -0.3 is 14.8 Å². The number of carbonyl (C=O) groups excluding carboxylic acids is 1. The zero-order valence-corrected chi connectivity index (χ0v) is 14.9. The van der Waals surface area contributed by atoms with Crippen molar-refractivity contribution in [2.24, 2.45) is 7.05 Å². The van der Waals surface area contributed by atoms with E-state index < -0.39 is 0 Å². The van der Waals surface area contributed by atoms with Gasteiger partial charge in [-0.3, -0.25) is 4.79 Å². The van der Waals surface area contributed by atoms with Crippen LogP contribution in [0.15, 0.2) is 29.4 Å². The molecule has 4 rings (SSSR count). The number of aryl methyl sites for hydroxylation is 1. The molecule has 0 radical (unpaired) electrons. The Hall–Kier alpha value is -1.53. The van der Waals surface area contributed by atoms with Gasteiger partial charge in [0.15, 0.2) is 5.16 Å². The predicted molar refractivity (Wildman–Crippen MR) is 97.2 cm³/mol. The summed E-state index contributed by atoms with van der Waals surface area (Å²) in [5.74, 6) is 0.553. The van der Waals surface area contributed by atoms with Crippen LogP contribution in [0, 0.1) is 0 Å². The first kappa shape index (κ1) is 16.0. The number of aromatic nitrogens is 2. The monoisotopic (exact) mass is 344 g/mol. The second kappa shape index (κ2) is 6.76. The molecule has 1 saturated heterocycles. The quantitative estimate of drug-likeness (QED) is 0.847. The molecule has 0 bridgehead atoms. The van der Waals surface area contributed by atoms with Crippen molar-refractivity contribution in [2.75, 3.05) is 18.8 Å². The minimum absolute atomic E-state index is 0.122. The molecule has 1 saturated carbocycles. The summed E-state index contributed by atoms with van der Waals surface area (Å²) < 4.78 is 2.06. The van der Waals surface area contributed by atoms with Crippen molar-refractivity contribution in [2.45, 2.75) is 42.9 Å². The number of nitrogens with zero attached hydrogens (tertiary/aromatic N) is 3. The average molecular weight is 344 g/mol. The molecule has 24 heavy (non-hydrogen) atoms. The Morgan fingerprint density at radius 1 is 1.25 bits per heavy atom. The van der Waals surface area contributed by atoms with Gasteiger partial charge in [0.05, 0.1) is 16.8 Å². The normalized spacial score (nSPS) is 19.7. The second-order valence-corrected chi connectivity index (χ2v) is 7.78. The third kappa shape index (κ3) is 3.44. The van der Waals surface area contributed by atoms with Crippen LogP contribution >= 0.6 is 11.8 Å². The van der Waals surface area contributed by atoms with Crippen LogP contribution in [0.3, 0.4) is 0 Å². The van der Waals surface area contributed by atoms with E-state index in [0.717, 1.165) is 48.2 Å². The Bertz CT molecular complexity index is 732. The van der Waals surface area contributed by atoms with Crippen molar-refractivity contribution in [3.63, 3.8) is 0 Å². The molecule has 2 aromatic rings. The van der Waals surface area contributed by atoms with Crippen LogP contribution in [0.25, 0.3) is 11.0 Å². The molecule has 128 valence electrons. The van der Waals surface area contributed by atoms with Crippen molar-refractivity contribution in [1.82, 2.24) is 19.8 Å². The van der Waals surface area contributed by atoms with Crippen LogP contribution < -0.4 is 5.32 Å². The van der Waals surface area contributed by atoms with Crippen molar-refractivity contribution in [3.05, 3.63) is 24.3 Å². The Labute approximate surface area is 146 Å². The van der Waals surface area contributed by atoms with Gasteiger partial charge in [-0.15, -0.1) is 0 Å². The van der Waals surface area contributed by atoms with Crippen LogP contribution in [0.4, 0.5) is 0 Å². The van der Waals surface area contributed by atoms with E-state index in [-0.39, 0.29) is 5.91 Å². The molecule has 2 fully saturated rings. The fourth-order valence-electron chi connectivity index (χ4n) is 3.50. The molecule has 0 spiro atoms. The van der Waals surface area contributed by atoms with E-state index in [9.17, 15) is 4.79 Å². The van der Waals surface area contributed by atoms with Gasteiger partial charge in [0.2, 0.25) is 5.91 Å². The van der Waals surface area contributed by atoms with Gasteiger partial charge in [-0.1, -0.05) is 23.9 Å². The van der Waals surface area contributed by atoms with Gasteiger partial charge in [-0.25, -0.2) is 4.98 Å². The molecule has 2 aliphatic rings. The SMILES string of the molecule is Cn1c(SCC(=O)NC2CCN(C3CC3)CC2)nc2ccccc21. The third-order valence-electron chi connectivity index (χ3n) is 5.04. The van der Waals surface area contributed by atoms with Crippen LogP contribution in [0.2, 0.25) is 0 Å². The molecule has 1 aromatic heterocycles. The molecule has 0 unspecified atom stereocenters. The molecule has 1 aliphatic carbocycles. The number of piperidine rings is 1. The van der Waals surface area contributed by atoms with E-state index in [4.69, 9.17) is 0 Å². The first-order valence-electron chi connectivity index (χ1n) is 8.78. The van der Waals surface area contributed by atoms with Crippen LogP contribution in [0.5, 0.6) is 0 Å². The summed E-state index contributed by atoms with van der Waals surface area (Å²) in [5.41, 5.74) is 2.09. The maximum absolute atomic E-state index is 12.3. The zero-order valence-electron chi connectivity index (χ0n) is 14.1. The molecule has 6 heteroatoms. The number of likely N-dealkylation sites (tertiary alicyclic amines) is 1. The summed E-state index contributed by atoms with van der Waals surface area (Å²) in [6.07, 6.45) is 4.90. The summed E-state index contributed by atoms with van der Waals surface area (Å²) in [5, 5.41) is 4.10. The van der Waals surface area contributed by atoms with E-state index >= 15 is 0 Å². The number of nitrogens with one attached hydrogen (secondary N) is 1. The summed E-state index contributed by atoms with van der Waals surface area (Å²) in [4.78, 5) is 19.4. The molecule has 2 heterocycles. The minimum Gasteiger partial charge on any atom is -0.353 e. The number of imidazole rings is 1. The number of hydrogen-bond acceptors (Lipinski definition) is 4. The highest BCUT2D eigenvalue weighted by Gasteiger charge is 2.32. The van der Waals surface area contributed by atoms with Gasteiger partial charge in [-0.05, 0) is 37.8 Å². The zero-order chi connectivity index (χ0) is 16.5. The lowest BCUT2D eigenvalue weighted by Crippen LogP contribution is -2.45. The van der Waals surface area contributed by atoms with E-state index in [1.165, 1.54) is 24.6 Å². The lowest BCUT2D eigenvalue weighted by Gasteiger charge is -2.32. The Morgan fingerprint density at radius 3 is 2.71 bits per heavy atom. The van der Waals surface area contributed by atoms with Crippen molar-refractivity contribution < 1.29 is 4.79 Å². The van der Waals surface area contributed by atoms with E-state index in [1.54, 1.807) is 0 Å². The van der Waals surface area contributed by atoms with Crippen LogP contribution in [-0.4, -0.2) is 51.3 Å². The lowest BCUT2D eigenvalue weighted by molar-refractivity contribution is -0.119. The molecule has 1 N–H and O–H groups in total. The maximum atomic E-state index is 12.3. The second-order valence-electron chi connectivity index (χ2n) is 6.84. The number of rotatable bonds is 5. The number of carbonyl (C=O) groups is 1. The number of fused-ring (bicyclic) bond motifs is 1. The molecule has 1 amide bonds. The fraction of sp³-hybridized carbons (Fsp3) is 0.556. The number of benzene rings is 1. The lowest BCUT2D eigenvalue weighted by atomic mass is 10.1. The third-order valence-corrected chi connectivity index (χ3v) is 6.07. The first-order chi connectivity index (χ1) is 11.7. The summed E-state index contributed by atoms with van der Waals surface area (Å²) in [7, 11) is 2.00. The van der Waals surface area contributed by atoms with Gasteiger partial charge in [-0.2, -0.15) is 0 Å². The van der Waals surface area contributed by atoms with Gasteiger partial charge in [0.25, 0.3) is 0 Å². The number of amides is 1. The first-order valence-corrected chi connectivity index (χ1v) is 9.77. The summed E-state index contributed by atoms with van der Waals surface area (Å²) in [6, 6.07) is 9.25. The topological polar surface area (TPSA) is 50.2 Å². The minimum atomic E-state index is 0.122. The smallest absolute Gasteiger partial charge is 0.230 e. The Morgan fingerprint density at radius 2 is 2.00 bits per heavy atom. The standard InChI is InChI=1S/C18H24N4OS/c1-21-16-5-3-2-4-15(16)20-18(21)24-12-17(23)19-13-8-10-22(11-9-13)14-6-7-14/h2-5,13-14H,6-12H2,1H3,(H,19,23). The highest BCUT2D eigenvalue weighted by atomic mass is 32.2. The molecular weight excluding hydrogens is 320 g/mol. The van der Waals surface area contributed by atoms with E-state index in [2.05, 4.69) is 25.8 Å². The van der Waals surface area contributed by atoms with Gasteiger partial charge in [0.1, 0.15) is 0 Å². The maximum Gasteiger partial charge on any atom is 0.230 e. The van der Waals surface area contributed by atoms with Crippen LogP contribution in [0.1, 0.15) is 25.7 Å². The molecule has 0 atom stereocenters. The van der Waals surface area contributed by atoms with E-state index in [1.807, 2.05) is 25.2 Å². The molecule has 1 aromatic carbocycles.